The first-order valence-electron chi connectivity index (χ1n) is 9.14. The van der Waals surface area contributed by atoms with Crippen LogP contribution in [0.25, 0.3) is 10.8 Å². The van der Waals surface area contributed by atoms with E-state index >= 15 is 0 Å². The molecule has 0 fully saturated rings. The molecule has 0 saturated heterocycles. The second-order valence-corrected chi connectivity index (χ2v) is 6.61. The van der Waals surface area contributed by atoms with Crippen LogP contribution in [0.15, 0.2) is 54.6 Å². The monoisotopic (exact) mass is 393 g/mol. The third kappa shape index (κ3) is 3.94. The number of hydrogen-bond acceptors (Lipinski definition) is 6. The van der Waals surface area contributed by atoms with Crippen molar-refractivity contribution in [2.24, 2.45) is 0 Å². The smallest absolute Gasteiger partial charge is 0.342 e. The van der Waals surface area contributed by atoms with E-state index in [1.807, 2.05) is 24.3 Å². The highest BCUT2D eigenvalue weighted by Gasteiger charge is 2.22. The molecule has 3 aromatic rings. The molecule has 148 valence electrons. The average molecular weight is 393 g/mol. The predicted molar refractivity (Wildman–Crippen MR) is 107 cm³/mol. The summed E-state index contributed by atoms with van der Waals surface area (Å²) >= 11 is 0. The number of fused-ring (bicyclic) bond motifs is 2. The van der Waals surface area contributed by atoms with Gasteiger partial charge in [0, 0.05) is 11.8 Å². The topological polar surface area (TPSA) is 94.1 Å². The largest absolute Gasteiger partial charge is 0.507 e. The third-order valence-corrected chi connectivity index (χ3v) is 4.55. The lowest BCUT2D eigenvalue weighted by molar-refractivity contribution is -0.123. The highest BCUT2D eigenvalue weighted by molar-refractivity contribution is 6.01. The van der Waals surface area contributed by atoms with Crippen molar-refractivity contribution in [2.75, 3.05) is 18.5 Å². The number of aromatic hydroxyl groups is 1. The molecule has 1 aliphatic heterocycles. The van der Waals surface area contributed by atoms with Crippen molar-refractivity contribution in [3.63, 3.8) is 0 Å². The number of hydrogen-bond donors (Lipinski definition) is 2. The number of amides is 1. The number of ether oxygens (including phenoxy) is 3. The van der Waals surface area contributed by atoms with Gasteiger partial charge in [-0.1, -0.05) is 24.3 Å². The maximum Gasteiger partial charge on any atom is 0.342 e. The van der Waals surface area contributed by atoms with Crippen molar-refractivity contribution in [3.05, 3.63) is 60.2 Å². The van der Waals surface area contributed by atoms with E-state index in [1.54, 1.807) is 24.3 Å². The van der Waals surface area contributed by atoms with E-state index in [4.69, 9.17) is 14.2 Å². The van der Waals surface area contributed by atoms with Crippen molar-refractivity contribution in [2.45, 2.75) is 13.0 Å². The van der Waals surface area contributed by atoms with Gasteiger partial charge in [-0.2, -0.15) is 0 Å². The van der Waals surface area contributed by atoms with Gasteiger partial charge in [0.15, 0.2) is 17.6 Å². The second kappa shape index (κ2) is 7.71. The van der Waals surface area contributed by atoms with Crippen molar-refractivity contribution >= 4 is 28.3 Å². The molecule has 1 atom stereocenters. The van der Waals surface area contributed by atoms with Crippen LogP contribution in [0, 0.1) is 0 Å². The van der Waals surface area contributed by atoms with Crippen molar-refractivity contribution in [1.29, 1.82) is 0 Å². The lowest BCUT2D eigenvalue weighted by atomic mass is 10.1. The van der Waals surface area contributed by atoms with E-state index < -0.39 is 18.0 Å². The number of phenolic OH excluding ortho intramolecular Hbond substituents is 1. The lowest BCUT2D eigenvalue weighted by Gasteiger charge is -2.19. The zero-order chi connectivity index (χ0) is 20.4. The number of nitrogens with one attached hydrogen (secondary N) is 1. The molecule has 4 rings (SSSR count). The molecule has 7 heteroatoms. The minimum atomic E-state index is -1.07. The number of benzene rings is 3. The molecular weight excluding hydrogens is 374 g/mol. The molecule has 3 aromatic carbocycles. The van der Waals surface area contributed by atoms with Crippen LogP contribution in [0.1, 0.15) is 17.3 Å². The Kier molecular flexibility index (Phi) is 4.95. The number of rotatable bonds is 4. The molecule has 7 nitrogen and oxygen atoms in total. The van der Waals surface area contributed by atoms with Gasteiger partial charge in [0.25, 0.3) is 5.91 Å². The van der Waals surface area contributed by atoms with E-state index in [0.717, 1.165) is 10.8 Å². The summed E-state index contributed by atoms with van der Waals surface area (Å²) in [5, 5.41) is 14.4. The van der Waals surface area contributed by atoms with Crippen LogP contribution in [0.3, 0.4) is 0 Å². The molecule has 0 aliphatic carbocycles. The maximum atomic E-state index is 12.5. The first-order chi connectivity index (χ1) is 14.0. The van der Waals surface area contributed by atoms with Gasteiger partial charge in [0.05, 0.1) is 0 Å². The minimum Gasteiger partial charge on any atom is -0.507 e. The number of carbonyl (C=O) groups is 2. The Hall–Kier alpha value is -3.74. The van der Waals surface area contributed by atoms with E-state index in [2.05, 4.69) is 5.32 Å². The second-order valence-electron chi connectivity index (χ2n) is 6.61. The third-order valence-electron chi connectivity index (χ3n) is 4.55. The fourth-order valence-electron chi connectivity index (χ4n) is 3.03. The minimum absolute atomic E-state index is 0.00248. The summed E-state index contributed by atoms with van der Waals surface area (Å²) in [6.07, 6.45) is -1.07. The van der Waals surface area contributed by atoms with Gasteiger partial charge in [-0.05, 0) is 42.0 Å². The molecule has 0 radical (unpaired) electrons. The zero-order valence-electron chi connectivity index (χ0n) is 15.7. The molecule has 1 amide bonds. The summed E-state index contributed by atoms with van der Waals surface area (Å²) in [7, 11) is 0. The van der Waals surface area contributed by atoms with Gasteiger partial charge in [-0.3, -0.25) is 4.79 Å². The fourth-order valence-corrected chi connectivity index (χ4v) is 3.03. The Morgan fingerprint density at radius 2 is 1.69 bits per heavy atom. The summed E-state index contributed by atoms with van der Waals surface area (Å²) < 4.78 is 16.2. The average Bonchev–Trinajstić information content (AvgIpc) is 2.73. The van der Waals surface area contributed by atoms with Gasteiger partial charge < -0.3 is 24.6 Å². The van der Waals surface area contributed by atoms with Crippen LogP contribution in [0.2, 0.25) is 0 Å². The molecule has 1 aliphatic rings. The lowest BCUT2D eigenvalue weighted by Crippen LogP contribution is -2.30. The Balaban J connectivity index is 1.44. The summed E-state index contributed by atoms with van der Waals surface area (Å²) in [4.78, 5) is 24.9. The first-order valence-corrected chi connectivity index (χ1v) is 9.14. The standard InChI is InChI=1S/C22H19NO6/c1-13(21(25)23-16-6-7-19-20(12-16)28-9-8-27-19)29-22(26)17-10-14-4-2-3-5-15(14)11-18(17)24/h2-7,10-13,24H,8-9H2,1H3,(H,23,25). The van der Waals surface area contributed by atoms with Crippen LogP contribution >= 0.6 is 0 Å². The van der Waals surface area contributed by atoms with Crippen LogP contribution in [-0.2, 0) is 9.53 Å². The molecular formula is C22H19NO6. The van der Waals surface area contributed by atoms with Gasteiger partial charge in [0.1, 0.15) is 24.5 Å². The van der Waals surface area contributed by atoms with Gasteiger partial charge >= 0.3 is 5.97 Å². The number of phenols is 1. The number of esters is 1. The van der Waals surface area contributed by atoms with Crippen molar-refractivity contribution < 1.29 is 28.9 Å². The molecule has 2 N–H and O–H groups in total. The molecule has 1 unspecified atom stereocenters. The van der Waals surface area contributed by atoms with Crippen LogP contribution in [0.5, 0.6) is 17.2 Å². The SMILES string of the molecule is CC(OC(=O)c1cc2ccccc2cc1O)C(=O)Nc1ccc2c(c1)OCCO2. The Morgan fingerprint density at radius 1 is 1.00 bits per heavy atom. The Labute approximate surface area is 166 Å². The number of carbonyl (C=O) groups excluding carboxylic acids is 2. The highest BCUT2D eigenvalue weighted by atomic mass is 16.6. The normalized spacial score (nSPS) is 13.6. The van der Waals surface area contributed by atoms with Crippen molar-refractivity contribution in [1.82, 2.24) is 0 Å². The van der Waals surface area contributed by atoms with E-state index in [9.17, 15) is 14.7 Å². The van der Waals surface area contributed by atoms with Crippen LogP contribution in [0.4, 0.5) is 5.69 Å². The quantitative estimate of drug-likeness (QED) is 0.659. The van der Waals surface area contributed by atoms with Gasteiger partial charge in [-0.15, -0.1) is 0 Å². The maximum absolute atomic E-state index is 12.5. The fraction of sp³-hybridized carbons (Fsp3) is 0.182. The predicted octanol–water partition coefficient (Wildman–Crippen LogP) is 3.50. The van der Waals surface area contributed by atoms with Gasteiger partial charge in [-0.25, -0.2) is 4.79 Å². The Morgan fingerprint density at radius 3 is 2.45 bits per heavy atom. The molecule has 29 heavy (non-hydrogen) atoms. The van der Waals surface area contributed by atoms with E-state index in [-0.39, 0.29) is 11.3 Å². The highest BCUT2D eigenvalue weighted by Crippen LogP contribution is 2.32. The molecule has 0 aromatic heterocycles. The molecule has 1 heterocycles. The van der Waals surface area contributed by atoms with Crippen LogP contribution in [-0.4, -0.2) is 36.3 Å². The first kappa shape index (κ1) is 18.6. The van der Waals surface area contributed by atoms with E-state index in [1.165, 1.54) is 13.0 Å². The number of anilines is 1. The molecule has 0 saturated carbocycles. The van der Waals surface area contributed by atoms with Crippen LogP contribution < -0.4 is 14.8 Å². The van der Waals surface area contributed by atoms with Crippen molar-refractivity contribution in [3.8, 4) is 17.2 Å². The molecule has 0 bridgehead atoms. The summed E-state index contributed by atoms with van der Waals surface area (Å²) in [6.45, 7) is 2.38. The summed E-state index contributed by atoms with van der Waals surface area (Å²) in [5.74, 6) is -0.332. The van der Waals surface area contributed by atoms with Gasteiger partial charge in [0.2, 0.25) is 0 Å². The van der Waals surface area contributed by atoms with E-state index in [0.29, 0.717) is 30.4 Å². The zero-order valence-corrected chi connectivity index (χ0v) is 15.7. The summed E-state index contributed by atoms with van der Waals surface area (Å²) in [6, 6.07) is 15.4. The Bertz CT molecular complexity index is 1090. The molecule has 0 spiro atoms. The summed E-state index contributed by atoms with van der Waals surface area (Å²) in [5.41, 5.74) is 0.499.